The molecule has 2 nitrogen and oxygen atoms in total. The molecule has 2 aliphatic rings. The second-order valence-corrected chi connectivity index (χ2v) is 6.10. The second kappa shape index (κ2) is 5.04. The molecule has 0 saturated heterocycles. The molecule has 4 unspecified atom stereocenters. The fourth-order valence-electron chi connectivity index (χ4n) is 4.05. The van der Waals surface area contributed by atoms with Crippen molar-refractivity contribution in [2.75, 3.05) is 0 Å². The Bertz CT molecular complexity index is 469. The minimum Gasteiger partial charge on any atom is -0.271 e. The van der Waals surface area contributed by atoms with E-state index in [1.165, 1.54) is 19.3 Å². The zero-order valence-corrected chi connectivity index (χ0v) is 11.2. The molecular formula is C15H19F3N2. The minimum absolute atomic E-state index is 0.0346. The van der Waals surface area contributed by atoms with Crippen LogP contribution >= 0.6 is 0 Å². The molecule has 20 heavy (non-hydrogen) atoms. The Morgan fingerprint density at radius 1 is 1.10 bits per heavy atom. The van der Waals surface area contributed by atoms with Crippen molar-refractivity contribution in [1.82, 2.24) is 5.43 Å². The van der Waals surface area contributed by atoms with E-state index in [1.807, 2.05) is 0 Å². The highest BCUT2D eigenvalue weighted by Gasteiger charge is 2.43. The normalized spacial score (nSPS) is 30.7. The largest absolute Gasteiger partial charge is 0.416 e. The second-order valence-electron chi connectivity index (χ2n) is 6.10. The summed E-state index contributed by atoms with van der Waals surface area (Å²) in [7, 11) is 0. The Morgan fingerprint density at radius 2 is 1.80 bits per heavy atom. The number of fused-ring (bicyclic) bond motifs is 2. The van der Waals surface area contributed by atoms with E-state index in [0.29, 0.717) is 11.8 Å². The highest BCUT2D eigenvalue weighted by molar-refractivity contribution is 5.27. The van der Waals surface area contributed by atoms with Gasteiger partial charge in [-0.05, 0) is 54.7 Å². The monoisotopic (exact) mass is 284 g/mol. The van der Waals surface area contributed by atoms with E-state index in [4.69, 9.17) is 5.84 Å². The summed E-state index contributed by atoms with van der Waals surface area (Å²) >= 11 is 0. The van der Waals surface area contributed by atoms with Crippen molar-refractivity contribution < 1.29 is 13.2 Å². The van der Waals surface area contributed by atoms with Gasteiger partial charge in [0.1, 0.15) is 0 Å². The molecule has 2 bridgehead atoms. The quantitative estimate of drug-likeness (QED) is 0.657. The lowest BCUT2D eigenvalue weighted by atomic mass is 9.80. The summed E-state index contributed by atoms with van der Waals surface area (Å²) in [5.74, 6) is 7.58. The first kappa shape index (κ1) is 13.9. The Morgan fingerprint density at radius 3 is 2.25 bits per heavy atom. The van der Waals surface area contributed by atoms with Gasteiger partial charge >= 0.3 is 6.18 Å². The van der Waals surface area contributed by atoms with Gasteiger partial charge in [0.05, 0.1) is 5.56 Å². The van der Waals surface area contributed by atoms with Gasteiger partial charge < -0.3 is 0 Å². The average molecular weight is 284 g/mol. The van der Waals surface area contributed by atoms with Crippen molar-refractivity contribution in [3.05, 3.63) is 35.4 Å². The smallest absolute Gasteiger partial charge is 0.271 e. The van der Waals surface area contributed by atoms with Gasteiger partial charge in [-0.25, -0.2) is 0 Å². The van der Waals surface area contributed by atoms with Crippen molar-refractivity contribution in [2.24, 2.45) is 23.6 Å². The zero-order chi connectivity index (χ0) is 14.3. The molecule has 3 N–H and O–H groups in total. The number of rotatable bonds is 3. The highest BCUT2D eigenvalue weighted by Crippen LogP contribution is 2.52. The maximum Gasteiger partial charge on any atom is 0.416 e. The van der Waals surface area contributed by atoms with Gasteiger partial charge in [-0.2, -0.15) is 13.2 Å². The van der Waals surface area contributed by atoms with Crippen LogP contribution < -0.4 is 11.3 Å². The summed E-state index contributed by atoms with van der Waals surface area (Å²) < 4.78 is 37.8. The zero-order valence-electron chi connectivity index (χ0n) is 11.2. The molecule has 0 radical (unpaired) electrons. The fourth-order valence-corrected chi connectivity index (χ4v) is 4.05. The van der Waals surface area contributed by atoms with Crippen LogP contribution in [0.15, 0.2) is 24.3 Å². The summed E-state index contributed by atoms with van der Waals surface area (Å²) in [6, 6.07) is 5.37. The molecule has 2 fully saturated rings. The SMILES string of the molecule is NNC(c1ccc(C(F)(F)F)cc1)C1CC2CCC1C2. The molecular weight excluding hydrogens is 265 g/mol. The van der Waals surface area contributed by atoms with Crippen molar-refractivity contribution in [3.8, 4) is 0 Å². The minimum atomic E-state index is -4.28. The van der Waals surface area contributed by atoms with E-state index in [1.54, 1.807) is 12.1 Å². The molecule has 110 valence electrons. The van der Waals surface area contributed by atoms with Crippen LogP contribution in [-0.4, -0.2) is 0 Å². The first-order chi connectivity index (χ1) is 9.49. The van der Waals surface area contributed by atoms with Crippen LogP contribution in [0.2, 0.25) is 0 Å². The topological polar surface area (TPSA) is 38.0 Å². The number of hydrogen-bond acceptors (Lipinski definition) is 2. The summed E-state index contributed by atoms with van der Waals surface area (Å²) in [5.41, 5.74) is 3.07. The van der Waals surface area contributed by atoms with E-state index in [9.17, 15) is 13.2 Å². The van der Waals surface area contributed by atoms with Crippen LogP contribution in [0.5, 0.6) is 0 Å². The van der Waals surface area contributed by atoms with Crippen LogP contribution in [0.25, 0.3) is 0 Å². The predicted octanol–water partition coefficient (Wildman–Crippen LogP) is 3.65. The lowest BCUT2D eigenvalue weighted by Gasteiger charge is -2.30. The maximum absolute atomic E-state index is 12.6. The Labute approximate surface area is 116 Å². The average Bonchev–Trinajstić information content (AvgIpc) is 3.02. The molecule has 0 heterocycles. The molecule has 4 atom stereocenters. The van der Waals surface area contributed by atoms with Crippen molar-refractivity contribution in [1.29, 1.82) is 0 Å². The fraction of sp³-hybridized carbons (Fsp3) is 0.600. The van der Waals surface area contributed by atoms with Gasteiger partial charge in [-0.3, -0.25) is 11.3 Å². The highest BCUT2D eigenvalue weighted by atomic mass is 19.4. The number of halogens is 3. The van der Waals surface area contributed by atoms with E-state index in [-0.39, 0.29) is 6.04 Å². The van der Waals surface area contributed by atoms with Crippen LogP contribution in [-0.2, 0) is 6.18 Å². The first-order valence-electron chi connectivity index (χ1n) is 7.12. The van der Waals surface area contributed by atoms with Gasteiger partial charge in [0, 0.05) is 6.04 Å². The molecule has 3 rings (SSSR count). The Balaban J connectivity index is 1.79. The molecule has 0 aliphatic heterocycles. The third-order valence-electron chi connectivity index (χ3n) is 5.00. The lowest BCUT2D eigenvalue weighted by Crippen LogP contribution is -2.35. The number of hydrogen-bond donors (Lipinski definition) is 2. The van der Waals surface area contributed by atoms with Crippen molar-refractivity contribution in [3.63, 3.8) is 0 Å². The molecule has 2 saturated carbocycles. The summed E-state index contributed by atoms with van der Waals surface area (Å²) in [6.07, 6.45) is 0.639. The molecule has 0 spiro atoms. The number of nitrogens with two attached hydrogens (primary N) is 1. The standard InChI is InChI=1S/C15H19F3N2/c16-15(17,18)12-5-3-10(4-6-12)14(20-19)13-8-9-1-2-11(13)7-9/h3-6,9,11,13-14,20H,1-2,7-8,19H2. The van der Waals surface area contributed by atoms with E-state index in [0.717, 1.165) is 30.0 Å². The van der Waals surface area contributed by atoms with Crippen LogP contribution in [0.4, 0.5) is 13.2 Å². The van der Waals surface area contributed by atoms with Crippen LogP contribution in [0.3, 0.4) is 0 Å². The molecule has 1 aromatic rings. The predicted molar refractivity (Wildman–Crippen MR) is 70.4 cm³/mol. The number of benzene rings is 1. The summed E-state index contributed by atoms with van der Waals surface area (Å²) in [5, 5.41) is 0. The summed E-state index contributed by atoms with van der Waals surface area (Å²) in [4.78, 5) is 0. The lowest BCUT2D eigenvalue weighted by molar-refractivity contribution is -0.137. The first-order valence-corrected chi connectivity index (χ1v) is 7.12. The van der Waals surface area contributed by atoms with Crippen molar-refractivity contribution >= 4 is 0 Å². The number of alkyl halides is 3. The third kappa shape index (κ3) is 2.44. The molecule has 0 amide bonds. The van der Waals surface area contributed by atoms with Gasteiger partial charge in [0.15, 0.2) is 0 Å². The van der Waals surface area contributed by atoms with Crippen LogP contribution in [0.1, 0.15) is 42.9 Å². The Kier molecular flexibility index (Phi) is 3.50. The maximum atomic E-state index is 12.6. The summed E-state index contributed by atoms with van der Waals surface area (Å²) in [6.45, 7) is 0. The van der Waals surface area contributed by atoms with Crippen molar-refractivity contribution in [2.45, 2.75) is 37.9 Å². The number of hydrazine groups is 1. The number of nitrogens with one attached hydrogen (secondary N) is 1. The van der Waals surface area contributed by atoms with Gasteiger partial charge in [0.2, 0.25) is 0 Å². The van der Waals surface area contributed by atoms with Gasteiger partial charge in [0.25, 0.3) is 0 Å². The molecule has 1 aromatic carbocycles. The van der Waals surface area contributed by atoms with E-state index >= 15 is 0 Å². The van der Waals surface area contributed by atoms with Gasteiger partial charge in [-0.15, -0.1) is 0 Å². The van der Waals surface area contributed by atoms with E-state index in [2.05, 4.69) is 5.43 Å². The molecule has 2 aliphatic carbocycles. The molecule has 5 heteroatoms. The Hall–Kier alpha value is -1.07. The third-order valence-corrected chi connectivity index (χ3v) is 5.00. The van der Waals surface area contributed by atoms with Crippen LogP contribution in [0, 0.1) is 17.8 Å². The van der Waals surface area contributed by atoms with E-state index < -0.39 is 11.7 Å². The van der Waals surface area contributed by atoms with Gasteiger partial charge in [-0.1, -0.05) is 18.6 Å². The molecule has 0 aromatic heterocycles.